The number of rotatable bonds is 1. The fraction of sp³-hybridized carbons (Fsp3) is 0.222. The van der Waals surface area contributed by atoms with Crippen molar-refractivity contribution in [2.45, 2.75) is 6.92 Å². The summed E-state index contributed by atoms with van der Waals surface area (Å²) in [7, 11) is 0. The Hall–Kier alpha value is -2.62. The summed E-state index contributed by atoms with van der Waals surface area (Å²) in [5.41, 5.74) is 3.70. The normalized spacial score (nSPS) is 28.0. The molecule has 4 rings (SSSR count). The number of fused-ring (bicyclic) bond motifs is 2. The molecule has 22 heavy (non-hydrogen) atoms. The van der Waals surface area contributed by atoms with Gasteiger partial charge in [-0.25, -0.2) is 0 Å². The highest BCUT2D eigenvalue weighted by molar-refractivity contribution is 6.06. The molecule has 4 heteroatoms. The van der Waals surface area contributed by atoms with Gasteiger partial charge < -0.3 is 9.47 Å². The van der Waals surface area contributed by atoms with Gasteiger partial charge in [-0.15, -0.1) is 0 Å². The van der Waals surface area contributed by atoms with Crippen LogP contribution in [0.1, 0.15) is 6.92 Å². The Morgan fingerprint density at radius 3 is 2.45 bits per heavy atom. The fourth-order valence-corrected chi connectivity index (χ4v) is 3.04. The molecule has 0 N–H and O–H groups in total. The topological polar surface area (TPSA) is 52.6 Å². The molecule has 110 valence electrons. The Labute approximate surface area is 127 Å². The summed E-state index contributed by atoms with van der Waals surface area (Å²) in [6.07, 6.45) is 10.2. The van der Waals surface area contributed by atoms with Crippen molar-refractivity contribution in [3.05, 3.63) is 70.3 Å². The number of carbonyl (C=O) groups is 2. The number of ether oxygens (including phenoxy) is 2. The van der Waals surface area contributed by atoms with Crippen LogP contribution in [0.4, 0.5) is 0 Å². The average molecular weight is 294 g/mol. The molecular formula is C18H14O4. The Balaban J connectivity index is 1.77. The summed E-state index contributed by atoms with van der Waals surface area (Å²) in [6, 6.07) is 0. The van der Waals surface area contributed by atoms with Crippen LogP contribution in [0.3, 0.4) is 0 Å². The molecule has 2 aliphatic heterocycles. The van der Waals surface area contributed by atoms with Crippen LogP contribution >= 0.6 is 0 Å². The second kappa shape index (κ2) is 4.70. The highest BCUT2D eigenvalue weighted by Crippen LogP contribution is 2.38. The lowest BCUT2D eigenvalue weighted by Gasteiger charge is -2.27. The van der Waals surface area contributed by atoms with Gasteiger partial charge in [0.05, 0.1) is 6.61 Å². The van der Waals surface area contributed by atoms with E-state index in [2.05, 4.69) is 6.92 Å². The summed E-state index contributed by atoms with van der Waals surface area (Å²) >= 11 is 0. The summed E-state index contributed by atoms with van der Waals surface area (Å²) in [6.45, 7) is 3.06. The molecule has 0 aromatic carbocycles. The lowest BCUT2D eigenvalue weighted by molar-refractivity contribution is -0.111. The van der Waals surface area contributed by atoms with Crippen LogP contribution in [0, 0.1) is 5.92 Å². The van der Waals surface area contributed by atoms with Crippen molar-refractivity contribution in [1.82, 2.24) is 0 Å². The first kappa shape index (κ1) is 13.1. The maximum absolute atomic E-state index is 11.6. The zero-order valence-corrected chi connectivity index (χ0v) is 12.1. The van der Waals surface area contributed by atoms with Crippen molar-refractivity contribution in [3.63, 3.8) is 0 Å². The number of carbonyl (C=O) groups excluding carboxylic acids is 2. The fourth-order valence-electron chi connectivity index (χ4n) is 3.04. The molecule has 1 fully saturated rings. The minimum absolute atomic E-state index is 0.0400. The van der Waals surface area contributed by atoms with E-state index >= 15 is 0 Å². The standard InChI is InChI=1S/C18H14O4/c1-10-9-22-18-8-13(20)6-16(18)14(10)4-11-2-3-21-17-7-12(19)5-15(11)17/h2,4-8,10H,3,9H2,1H3/b14-4-. The zero-order valence-electron chi connectivity index (χ0n) is 12.1. The summed E-state index contributed by atoms with van der Waals surface area (Å²) < 4.78 is 11.1. The first-order chi connectivity index (χ1) is 10.6. The molecule has 0 spiro atoms. The molecule has 0 saturated carbocycles. The van der Waals surface area contributed by atoms with Gasteiger partial charge in [-0.3, -0.25) is 9.59 Å². The molecule has 0 aromatic heterocycles. The first-order valence-corrected chi connectivity index (χ1v) is 7.25. The third kappa shape index (κ3) is 1.99. The largest absolute Gasteiger partial charge is 0.492 e. The monoisotopic (exact) mass is 294 g/mol. The number of ketones is 2. The summed E-state index contributed by atoms with van der Waals surface area (Å²) in [5.74, 6) is 1.37. The lowest BCUT2D eigenvalue weighted by atomic mass is 9.88. The van der Waals surface area contributed by atoms with Gasteiger partial charge >= 0.3 is 0 Å². The SMILES string of the molecule is CC1COC2=CC(=O)C=C2/C1=C\C1=CCOC2=CC(=O)C=C12. The van der Waals surface area contributed by atoms with Gasteiger partial charge in [-0.05, 0) is 29.4 Å². The van der Waals surface area contributed by atoms with E-state index in [1.807, 2.05) is 12.2 Å². The Bertz CT molecular complexity index is 784. The zero-order chi connectivity index (χ0) is 15.3. The van der Waals surface area contributed by atoms with Gasteiger partial charge in [0.1, 0.15) is 18.1 Å². The summed E-state index contributed by atoms with van der Waals surface area (Å²) in [4.78, 5) is 23.2. The van der Waals surface area contributed by atoms with E-state index in [0.29, 0.717) is 24.7 Å². The van der Waals surface area contributed by atoms with E-state index in [1.165, 1.54) is 12.2 Å². The van der Waals surface area contributed by atoms with Crippen molar-refractivity contribution in [2.24, 2.45) is 5.92 Å². The minimum atomic E-state index is -0.0490. The minimum Gasteiger partial charge on any atom is -0.492 e. The predicted molar refractivity (Wildman–Crippen MR) is 79.6 cm³/mol. The molecular weight excluding hydrogens is 280 g/mol. The van der Waals surface area contributed by atoms with Crippen molar-refractivity contribution in [3.8, 4) is 0 Å². The number of hydrogen-bond acceptors (Lipinski definition) is 4. The molecule has 0 radical (unpaired) electrons. The van der Waals surface area contributed by atoms with Gasteiger partial charge in [0, 0.05) is 29.2 Å². The van der Waals surface area contributed by atoms with E-state index in [9.17, 15) is 9.59 Å². The van der Waals surface area contributed by atoms with Crippen LogP contribution in [-0.4, -0.2) is 24.8 Å². The average Bonchev–Trinajstić information content (AvgIpc) is 3.04. The van der Waals surface area contributed by atoms with Gasteiger partial charge in [0.2, 0.25) is 0 Å². The Kier molecular flexibility index (Phi) is 2.79. The molecule has 0 bridgehead atoms. The molecule has 1 saturated heterocycles. The van der Waals surface area contributed by atoms with Crippen LogP contribution in [0.5, 0.6) is 0 Å². The molecule has 4 aliphatic rings. The van der Waals surface area contributed by atoms with Crippen molar-refractivity contribution < 1.29 is 19.1 Å². The third-order valence-corrected chi connectivity index (χ3v) is 4.15. The van der Waals surface area contributed by atoms with Crippen LogP contribution in [0.25, 0.3) is 0 Å². The molecule has 0 amide bonds. The molecule has 2 aliphatic carbocycles. The molecule has 4 nitrogen and oxygen atoms in total. The van der Waals surface area contributed by atoms with Crippen LogP contribution < -0.4 is 0 Å². The predicted octanol–water partition coefficient (Wildman–Crippen LogP) is 2.32. The number of hydrogen-bond donors (Lipinski definition) is 0. The molecule has 0 aromatic rings. The van der Waals surface area contributed by atoms with E-state index in [1.54, 1.807) is 12.2 Å². The molecule has 1 atom stereocenters. The third-order valence-electron chi connectivity index (χ3n) is 4.15. The van der Waals surface area contributed by atoms with E-state index < -0.39 is 0 Å². The summed E-state index contributed by atoms with van der Waals surface area (Å²) in [5, 5.41) is 0. The van der Waals surface area contributed by atoms with Gasteiger partial charge in [0.15, 0.2) is 11.6 Å². The molecule has 1 unspecified atom stereocenters. The smallest absolute Gasteiger partial charge is 0.183 e. The molecule has 2 heterocycles. The second-order valence-corrected chi connectivity index (χ2v) is 5.72. The Morgan fingerprint density at radius 1 is 1.00 bits per heavy atom. The van der Waals surface area contributed by atoms with Crippen LogP contribution in [0.15, 0.2) is 70.3 Å². The highest BCUT2D eigenvalue weighted by atomic mass is 16.5. The van der Waals surface area contributed by atoms with E-state index in [0.717, 1.165) is 22.3 Å². The first-order valence-electron chi connectivity index (χ1n) is 7.25. The highest BCUT2D eigenvalue weighted by Gasteiger charge is 2.30. The van der Waals surface area contributed by atoms with Crippen molar-refractivity contribution in [2.75, 3.05) is 13.2 Å². The second-order valence-electron chi connectivity index (χ2n) is 5.72. The maximum atomic E-state index is 11.6. The number of allylic oxidation sites excluding steroid dienone is 7. The van der Waals surface area contributed by atoms with Gasteiger partial charge in [-0.1, -0.05) is 13.0 Å². The van der Waals surface area contributed by atoms with Gasteiger partial charge in [-0.2, -0.15) is 0 Å². The quantitative estimate of drug-likeness (QED) is 0.745. The van der Waals surface area contributed by atoms with Crippen LogP contribution in [-0.2, 0) is 19.1 Å². The Morgan fingerprint density at radius 2 is 1.68 bits per heavy atom. The maximum Gasteiger partial charge on any atom is 0.183 e. The van der Waals surface area contributed by atoms with Crippen molar-refractivity contribution in [1.29, 1.82) is 0 Å². The van der Waals surface area contributed by atoms with E-state index in [-0.39, 0.29) is 17.5 Å². The van der Waals surface area contributed by atoms with E-state index in [4.69, 9.17) is 9.47 Å². The van der Waals surface area contributed by atoms with Gasteiger partial charge in [0.25, 0.3) is 0 Å². The lowest BCUT2D eigenvalue weighted by Crippen LogP contribution is -2.18. The van der Waals surface area contributed by atoms with Crippen LogP contribution in [0.2, 0.25) is 0 Å². The van der Waals surface area contributed by atoms with Crippen molar-refractivity contribution >= 4 is 11.6 Å².